The van der Waals surface area contributed by atoms with Crippen molar-refractivity contribution in [3.8, 4) is 0 Å². The molecular weight excluding hydrogens is 150 g/mol. The van der Waals surface area contributed by atoms with Gasteiger partial charge in [0.15, 0.2) is 0 Å². The van der Waals surface area contributed by atoms with Crippen molar-refractivity contribution in [2.75, 3.05) is 0 Å². The maximum Gasteiger partial charge on any atom is 0.0565 e. The third kappa shape index (κ3) is 2.86. The van der Waals surface area contributed by atoms with Crippen LogP contribution in [0.15, 0.2) is 0 Å². The Morgan fingerprint density at radius 2 is 1.60 bits per heavy atom. The highest BCUT2D eigenvalue weighted by molar-refractivity contribution is 5.85. The lowest BCUT2D eigenvalue weighted by Crippen LogP contribution is -2.37. The summed E-state index contributed by atoms with van der Waals surface area (Å²) in [6.07, 6.45) is 2.77. The molecule has 0 amide bonds. The zero-order valence-electron chi connectivity index (χ0n) is 6.54. The second-order valence-corrected chi connectivity index (χ2v) is 2.99. The van der Waals surface area contributed by atoms with Gasteiger partial charge in [0.25, 0.3) is 0 Å². The molecule has 1 aliphatic rings. The molecule has 0 aromatic carbocycles. The summed E-state index contributed by atoms with van der Waals surface area (Å²) in [5.41, 5.74) is 5.74. The van der Waals surface area contributed by atoms with E-state index in [9.17, 15) is 0 Å². The van der Waals surface area contributed by atoms with E-state index in [0.29, 0.717) is 18.2 Å². The van der Waals surface area contributed by atoms with Crippen LogP contribution < -0.4 is 5.73 Å². The van der Waals surface area contributed by atoms with Crippen LogP contribution in [0, 0.1) is 0 Å². The predicted octanol–water partition coefficient (Wildman–Crippen LogP) is 1.32. The molecule has 3 atom stereocenters. The first-order valence-corrected chi connectivity index (χ1v) is 3.59. The molecule has 10 heavy (non-hydrogen) atoms. The van der Waals surface area contributed by atoms with E-state index in [4.69, 9.17) is 10.5 Å². The molecule has 1 saturated heterocycles. The van der Waals surface area contributed by atoms with E-state index in [1.165, 1.54) is 0 Å². The fourth-order valence-corrected chi connectivity index (χ4v) is 1.46. The summed E-state index contributed by atoms with van der Waals surface area (Å²) in [6.45, 7) is 4.16. The topological polar surface area (TPSA) is 35.2 Å². The van der Waals surface area contributed by atoms with E-state index in [1.54, 1.807) is 0 Å². The van der Waals surface area contributed by atoms with Crippen LogP contribution >= 0.6 is 12.4 Å². The molecule has 0 saturated carbocycles. The third-order valence-corrected chi connectivity index (χ3v) is 1.73. The molecule has 62 valence electrons. The van der Waals surface area contributed by atoms with E-state index in [0.717, 1.165) is 12.8 Å². The molecular formula is C7H16ClNO. The van der Waals surface area contributed by atoms with Crippen molar-refractivity contribution in [2.45, 2.75) is 44.9 Å². The van der Waals surface area contributed by atoms with Crippen LogP contribution in [0.1, 0.15) is 26.7 Å². The average Bonchev–Trinajstić information content (AvgIpc) is 1.59. The zero-order valence-corrected chi connectivity index (χ0v) is 7.36. The van der Waals surface area contributed by atoms with Crippen molar-refractivity contribution in [3.63, 3.8) is 0 Å². The molecule has 1 unspecified atom stereocenters. The van der Waals surface area contributed by atoms with Crippen molar-refractivity contribution in [3.05, 3.63) is 0 Å². The van der Waals surface area contributed by atoms with Crippen LogP contribution in [0.25, 0.3) is 0 Å². The first-order valence-electron chi connectivity index (χ1n) is 3.59. The highest BCUT2D eigenvalue weighted by Gasteiger charge is 2.20. The summed E-state index contributed by atoms with van der Waals surface area (Å²) >= 11 is 0. The number of hydrogen-bond donors (Lipinski definition) is 1. The fourth-order valence-electron chi connectivity index (χ4n) is 1.46. The summed E-state index contributed by atoms with van der Waals surface area (Å²) in [5, 5.41) is 0. The van der Waals surface area contributed by atoms with Crippen molar-refractivity contribution in [2.24, 2.45) is 5.73 Å². The van der Waals surface area contributed by atoms with Gasteiger partial charge in [0.1, 0.15) is 0 Å². The molecule has 0 radical (unpaired) electrons. The molecule has 0 spiro atoms. The molecule has 3 heteroatoms. The molecule has 1 fully saturated rings. The molecule has 0 aliphatic carbocycles. The van der Waals surface area contributed by atoms with Gasteiger partial charge in [-0.2, -0.15) is 0 Å². The lowest BCUT2D eigenvalue weighted by molar-refractivity contribution is -0.0365. The van der Waals surface area contributed by atoms with Crippen LogP contribution in [0.4, 0.5) is 0 Å². The van der Waals surface area contributed by atoms with Gasteiger partial charge >= 0.3 is 0 Å². The SMILES string of the molecule is C[C@@H]1CC(N)C[C@H](C)O1.Cl. The molecule has 0 aromatic heterocycles. The third-order valence-electron chi connectivity index (χ3n) is 1.73. The predicted molar refractivity (Wildman–Crippen MR) is 44.5 cm³/mol. The van der Waals surface area contributed by atoms with Crippen LogP contribution in [0.3, 0.4) is 0 Å². The van der Waals surface area contributed by atoms with Crippen molar-refractivity contribution < 1.29 is 4.74 Å². The summed E-state index contributed by atoms with van der Waals surface area (Å²) in [5.74, 6) is 0. The first kappa shape index (κ1) is 10.2. The molecule has 0 aromatic rings. The van der Waals surface area contributed by atoms with E-state index >= 15 is 0 Å². The first-order chi connectivity index (χ1) is 4.18. The fraction of sp³-hybridized carbons (Fsp3) is 1.00. The second-order valence-electron chi connectivity index (χ2n) is 2.99. The highest BCUT2D eigenvalue weighted by atomic mass is 35.5. The van der Waals surface area contributed by atoms with Crippen molar-refractivity contribution in [1.29, 1.82) is 0 Å². The number of hydrogen-bond acceptors (Lipinski definition) is 2. The molecule has 1 rings (SSSR count). The van der Waals surface area contributed by atoms with Gasteiger partial charge in [-0.3, -0.25) is 0 Å². The second kappa shape index (κ2) is 4.16. The van der Waals surface area contributed by atoms with Gasteiger partial charge in [-0.25, -0.2) is 0 Å². The van der Waals surface area contributed by atoms with E-state index in [-0.39, 0.29) is 12.4 Å². The van der Waals surface area contributed by atoms with Gasteiger partial charge in [-0.15, -0.1) is 12.4 Å². The van der Waals surface area contributed by atoms with Gasteiger partial charge < -0.3 is 10.5 Å². The van der Waals surface area contributed by atoms with Gasteiger partial charge in [0.05, 0.1) is 12.2 Å². The quantitative estimate of drug-likeness (QED) is 0.588. The maximum atomic E-state index is 5.74. The molecule has 0 bridgehead atoms. The Labute approximate surface area is 68.5 Å². The van der Waals surface area contributed by atoms with Gasteiger partial charge in [0, 0.05) is 6.04 Å². The molecule has 2 nitrogen and oxygen atoms in total. The zero-order chi connectivity index (χ0) is 6.85. The monoisotopic (exact) mass is 165 g/mol. The minimum atomic E-state index is 0. The van der Waals surface area contributed by atoms with Crippen LogP contribution in [-0.4, -0.2) is 18.2 Å². The van der Waals surface area contributed by atoms with Gasteiger partial charge in [-0.1, -0.05) is 0 Å². The summed E-state index contributed by atoms with van der Waals surface area (Å²) < 4.78 is 5.48. The summed E-state index contributed by atoms with van der Waals surface area (Å²) in [7, 11) is 0. The lowest BCUT2D eigenvalue weighted by Gasteiger charge is -2.29. The average molecular weight is 166 g/mol. The molecule has 1 heterocycles. The smallest absolute Gasteiger partial charge is 0.0565 e. The molecule has 2 N–H and O–H groups in total. The van der Waals surface area contributed by atoms with Gasteiger partial charge in [0.2, 0.25) is 0 Å². The van der Waals surface area contributed by atoms with Crippen LogP contribution in [0.2, 0.25) is 0 Å². The van der Waals surface area contributed by atoms with E-state index < -0.39 is 0 Å². The number of rotatable bonds is 0. The Hall–Kier alpha value is 0.210. The van der Waals surface area contributed by atoms with E-state index in [1.807, 2.05) is 0 Å². The van der Waals surface area contributed by atoms with Crippen LogP contribution in [-0.2, 0) is 4.74 Å². The Morgan fingerprint density at radius 3 is 1.90 bits per heavy atom. The minimum absolute atomic E-state index is 0. The summed E-state index contributed by atoms with van der Waals surface area (Å²) in [6, 6.07) is 0.365. The van der Waals surface area contributed by atoms with E-state index in [2.05, 4.69) is 13.8 Å². The highest BCUT2D eigenvalue weighted by Crippen LogP contribution is 2.16. The number of ether oxygens (including phenoxy) is 1. The standard InChI is InChI=1S/C7H15NO.ClH/c1-5-3-7(8)4-6(2)9-5;/h5-7H,3-4,8H2,1-2H3;1H/t5-,6+,7?;. The number of halogens is 1. The Morgan fingerprint density at radius 1 is 1.20 bits per heavy atom. The Bertz CT molecular complexity index is 74.6. The number of nitrogens with two attached hydrogens (primary N) is 1. The summed E-state index contributed by atoms with van der Waals surface area (Å²) in [4.78, 5) is 0. The van der Waals surface area contributed by atoms with Crippen LogP contribution in [0.5, 0.6) is 0 Å². The maximum absolute atomic E-state index is 5.74. The van der Waals surface area contributed by atoms with Crippen molar-refractivity contribution >= 4 is 12.4 Å². The lowest BCUT2D eigenvalue weighted by atomic mass is 10.0. The molecule has 1 aliphatic heterocycles. The Balaban J connectivity index is 0.000000810. The Kier molecular flexibility index (Phi) is 4.25. The minimum Gasteiger partial charge on any atom is -0.375 e. The normalized spacial score (nSPS) is 40.5. The van der Waals surface area contributed by atoms with Gasteiger partial charge in [-0.05, 0) is 26.7 Å². The van der Waals surface area contributed by atoms with Crippen molar-refractivity contribution in [1.82, 2.24) is 0 Å². The largest absolute Gasteiger partial charge is 0.375 e.